The molecule has 0 aliphatic rings. The number of benzene rings is 2. The molecule has 5 nitrogen and oxygen atoms in total. The van der Waals surface area contributed by atoms with Gasteiger partial charge in [-0.2, -0.15) is 0 Å². The van der Waals surface area contributed by atoms with E-state index < -0.39 is 0 Å². The Morgan fingerprint density at radius 1 is 1.10 bits per heavy atom. The third-order valence-electron chi connectivity index (χ3n) is 5.21. The van der Waals surface area contributed by atoms with Gasteiger partial charge in [0.15, 0.2) is 5.13 Å². The molecule has 148 valence electrons. The van der Waals surface area contributed by atoms with Crippen LogP contribution in [0.1, 0.15) is 33.5 Å². The monoisotopic (exact) mass is 404 g/mol. The topological polar surface area (TPSA) is 51.0 Å². The van der Waals surface area contributed by atoms with Gasteiger partial charge in [0.2, 0.25) is 0 Å². The first-order valence-corrected chi connectivity index (χ1v) is 10.6. The molecule has 0 saturated carbocycles. The first kappa shape index (κ1) is 19.3. The number of carbonyl (C=O) groups excluding carboxylic acids is 1. The molecule has 0 aliphatic carbocycles. The minimum Gasteiger partial charge on any atom is -0.337 e. The van der Waals surface area contributed by atoms with Crippen LogP contribution in [-0.2, 0) is 6.54 Å². The van der Waals surface area contributed by atoms with Crippen molar-refractivity contribution in [1.29, 1.82) is 0 Å². The summed E-state index contributed by atoms with van der Waals surface area (Å²) in [4.78, 5) is 24.1. The van der Waals surface area contributed by atoms with Gasteiger partial charge in [-0.3, -0.25) is 9.69 Å². The van der Waals surface area contributed by atoms with E-state index in [0.717, 1.165) is 33.9 Å². The highest BCUT2D eigenvalue weighted by Crippen LogP contribution is 2.32. The first-order valence-electron chi connectivity index (χ1n) is 9.74. The highest BCUT2D eigenvalue weighted by Gasteiger charge is 2.21. The molecule has 2 aromatic heterocycles. The summed E-state index contributed by atoms with van der Waals surface area (Å²) in [5.74, 6) is -0.0101. The van der Waals surface area contributed by atoms with Crippen molar-refractivity contribution in [3.05, 3.63) is 77.4 Å². The van der Waals surface area contributed by atoms with Gasteiger partial charge in [-0.1, -0.05) is 35.1 Å². The SMILES string of the molecule is Cc1ccc(C(=O)N(CCCn2ccnc2)c2nc3c(C)c(C)ccc3s2)cc1. The highest BCUT2D eigenvalue weighted by molar-refractivity contribution is 7.22. The molecule has 2 heterocycles. The summed E-state index contributed by atoms with van der Waals surface area (Å²) in [5.41, 5.74) is 5.20. The molecule has 4 rings (SSSR count). The van der Waals surface area contributed by atoms with Crippen molar-refractivity contribution >= 4 is 32.6 Å². The van der Waals surface area contributed by atoms with Crippen molar-refractivity contribution in [3.8, 4) is 0 Å². The van der Waals surface area contributed by atoms with Crippen molar-refractivity contribution in [2.75, 3.05) is 11.4 Å². The zero-order valence-corrected chi connectivity index (χ0v) is 17.7. The average molecular weight is 405 g/mol. The number of aromatic nitrogens is 3. The smallest absolute Gasteiger partial charge is 0.260 e. The number of amides is 1. The first-order chi connectivity index (χ1) is 14.0. The molecule has 1 amide bonds. The van der Waals surface area contributed by atoms with Gasteiger partial charge >= 0.3 is 0 Å². The lowest BCUT2D eigenvalue weighted by molar-refractivity contribution is 0.0986. The lowest BCUT2D eigenvalue weighted by Gasteiger charge is -2.20. The standard InChI is InChI=1S/C23H24N4OS/c1-16-5-8-19(9-6-16)22(28)27(13-4-12-26-14-11-24-15-26)23-25-21-18(3)17(2)7-10-20(21)29-23/h5-11,14-15H,4,12-13H2,1-3H3. The van der Waals surface area contributed by atoms with E-state index in [1.54, 1.807) is 23.9 Å². The van der Waals surface area contributed by atoms with Crippen molar-refractivity contribution in [1.82, 2.24) is 14.5 Å². The predicted molar refractivity (Wildman–Crippen MR) is 119 cm³/mol. The molecule has 0 N–H and O–H groups in total. The summed E-state index contributed by atoms with van der Waals surface area (Å²) in [5, 5.41) is 0.755. The van der Waals surface area contributed by atoms with Gasteiger partial charge in [-0.15, -0.1) is 0 Å². The number of carbonyl (C=O) groups is 1. The zero-order chi connectivity index (χ0) is 20.4. The van der Waals surface area contributed by atoms with E-state index >= 15 is 0 Å². The molecule has 0 bridgehead atoms. The maximum Gasteiger partial charge on any atom is 0.260 e. The number of hydrogen-bond donors (Lipinski definition) is 0. The lowest BCUT2D eigenvalue weighted by atomic mass is 10.1. The zero-order valence-electron chi connectivity index (χ0n) is 16.9. The Morgan fingerprint density at radius 2 is 1.90 bits per heavy atom. The van der Waals surface area contributed by atoms with E-state index in [1.807, 2.05) is 46.9 Å². The Balaban J connectivity index is 1.66. The Bertz CT molecular complexity index is 1130. The summed E-state index contributed by atoms with van der Waals surface area (Å²) in [6, 6.07) is 11.9. The fraction of sp³-hybridized carbons (Fsp3) is 0.261. The van der Waals surface area contributed by atoms with Crippen LogP contribution in [0.4, 0.5) is 5.13 Å². The van der Waals surface area contributed by atoms with Crippen molar-refractivity contribution in [2.24, 2.45) is 0 Å². The van der Waals surface area contributed by atoms with Crippen LogP contribution in [0.2, 0.25) is 0 Å². The van der Waals surface area contributed by atoms with Gasteiger partial charge in [-0.05, 0) is 56.5 Å². The largest absolute Gasteiger partial charge is 0.337 e. The van der Waals surface area contributed by atoms with E-state index in [4.69, 9.17) is 4.98 Å². The number of rotatable bonds is 6. The van der Waals surface area contributed by atoms with Gasteiger partial charge in [0, 0.05) is 31.0 Å². The second-order valence-corrected chi connectivity index (χ2v) is 8.34. The van der Waals surface area contributed by atoms with Crippen molar-refractivity contribution in [2.45, 2.75) is 33.7 Å². The van der Waals surface area contributed by atoms with Crippen LogP contribution in [0.25, 0.3) is 10.2 Å². The summed E-state index contributed by atoms with van der Waals surface area (Å²) >= 11 is 1.58. The number of nitrogens with zero attached hydrogens (tertiary/aromatic N) is 4. The molecular formula is C23H24N4OS. The maximum absolute atomic E-state index is 13.4. The van der Waals surface area contributed by atoms with Crippen LogP contribution in [0.15, 0.2) is 55.1 Å². The van der Waals surface area contributed by atoms with E-state index in [2.05, 4.69) is 31.0 Å². The molecule has 0 atom stereocenters. The second kappa shape index (κ2) is 8.17. The highest BCUT2D eigenvalue weighted by atomic mass is 32.1. The fourth-order valence-corrected chi connectivity index (χ4v) is 4.35. The number of fused-ring (bicyclic) bond motifs is 1. The van der Waals surface area contributed by atoms with E-state index in [-0.39, 0.29) is 5.91 Å². The minimum absolute atomic E-state index is 0.0101. The van der Waals surface area contributed by atoms with Gasteiger partial charge in [0.25, 0.3) is 5.91 Å². The van der Waals surface area contributed by atoms with Gasteiger partial charge in [0.05, 0.1) is 16.5 Å². The summed E-state index contributed by atoms with van der Waals surface area (Å²) in [6.07, 6.45) is 6.34. The molecule has 0 saturated heterocycles. The van der Waals surface area contributed by atoms with Crippen LogP contribution < -0.4 is 4.90 Å². The molecule has 4 aromatic rings. The average Bonchev–Trinajstić information content (AvgIpc) is 3.38. The maximum atomic E-state index is 13.4. The summed E-state index contributed by atoms with van der Waals surface area (Å²) in [6.45, 7) is 7.61. The quantitative estimate of drug-likeness (QED) is 0.446. The molecule has 0 radical (unpaired) electrons. The number of hydrogen-bond acceptors (Lipinski definition) is 4. The van der Waals surface area contributed by atoms with Crippen molar-refractivity contribution < 1.29 is 4.79 Å². The molecule has 0 aliphatic heterocycles. The number of thiazole rings is 1. The second-order valence-electron chi connectivity index (χ2n) is 7.33. The Kier molecular flexibility index (Phi) is 5.45. The summed E-state index contributed by atoms with van der Waals surface area (Å²) in [7, 11) is 0. The Labute approximate surface area is 174 Å². The van der Waals surface area contributed by atoms with Gasteiger partial charge in [0.1, 0.15) is 0 Å². The van der Waals surface area contributed by atoms with Crippen LogP contribution >= 0.6 is 11.3 Å². The Hall–Kier alpha value is -2.99. The van der Waals surface area contributed by atoms with E-state index in [1.165, 1.54) is 11.1 Å². The van der Waals surface area contributed by atoms with E-state index in [0.29, 0.717) is 12.1 Å². The number of imidazole rings is 1. The minimum atomic E-state index is -0.0101. The van der Waals surface area contributed by atoms with Crippen LogP contribution in [-0.4, -0.2) is 27.0 Å². The predicted octanol–water partition coefficient (Wildman–Crippen LogP) is 5.16. The molecule has 6 heteroatoms. The molecule has 0 spiro atoms. The Morgan fingerprint density at radius 3 is 2.62 bits per heavy atom. The third-order valence-corrected chi connectivity index (χ3v) is 6.25. The van der Waals surface area contributed by atoms with Gasteiger partial charge in [-0.25, -0.2) is 9.97 Å². The van der Waals surface area contributed by atoms with Gasteiger partial charge < -0.3 is 4.57 Å². The molecule has 0 fully saturated rings. The number of aryl methyl sites for hydroxylation is 4. The summed E-state index contributed by atoms with van der Waals surface area (Å²) < 4.78 is 3.14. The van der Waals surface area contributed by atoms with Crippen molar-refractivity contribution in [3.63, 3.8) is 0 Å². The van der Waals surface area contributed by atoms with E-state index in [9.17, 15) is 4.79 Å². The number of anilines is 1. The normalized spacial score (nSPS) is 11.1. The molecular weight excluding hydrogens is 380 g/mol. The molecule has 2 aromatic carbocycles. The van der Waals surface area contributed by atoms with Crippen LogP contribution in [0.3, 0.4) is 0 Å². The third kappa shape index (κ3) is 4.07. The molecule has 0 unspecified atom stereocenters. The van der Waals surface area contributed by atoms with Crippen LogP contribution in [0, 0.1) is 20.8 Å². The van der Waals surface area contributed by atoms with Crippen LogP contribution in [0.5, 0.6) is 0 Å². The fourth-order valence-electron chi connectivity index (χ4n) is 3.30. The molecule has 29 heavy (non-hydrogen) atoms. The lowest BCUT2D eigenvalue weighted by Crippen LogP contribution is -2.32.